The molecule has 0 aliphatic carbocycles. The van der Waals surface area contributed by atoms with Crippen molar-refractivity contribution in [1.29, 1.82) is 0 Å². The second-order valence-electron chi connectivity index (χ2n) is 11.1. The summed E-state index contributed by atoms with van der Waals surface area (Å²) < 4.78 is 95.1. The highest BCUT2D eigenvalue weighted by Gasteiger charge is 2.31. The molecule has 1 amide bonds. The number of carbonyl (C=O) groups excluding carboxylic acids is 1. The number of nitrogens with one attached hydrogen (secondary N) is 2. The van der Waals surface area contributed by atoms with Gasteiger partial charge in [-0.1, -0.05) is 48.2 Å². The van der Waals surface area contributed by atoms with Crippen LogP contribution in [0.15, 0.2) is 124 Å². The van der Waals surface area contributed by atoms with E-state index in [4.69, 9.17) is 0 Å². The molecule has 9 nitrogen and oxygen atoms in total. The standard InChI is InChI=1S/C36H28F3N3O6S2/c1-24-33(50(47,48)41-29-17-13-26(14-18-29)12-11-25-7-4-3-5-8-25)22-32(34(43)40-23-27-15-19-31(20-16-27)49(2,45)46)35(44)42(24)30-10-6-9-28(21-30)36(37,38)39/h3-10,13-22,41H,23H2,1-2H3,(H,40,43). The average Bonchev–Trinajstić information content (AvgIpc) is 3.07. The first-order valence-corrected chi connectivity index (χ1v) is 18.1. The van der Waals surface area contributed by atoms with Gasteiger partial charge in [0.1, 0.15) is 10.5 Å². The number of sulfone groups is 1. The maximum atomic E-state index is 13.8. The van der Waals surface area contributed by atoms with E-state index in [0.717, 1.165) is 34.6 Å². The molecule has 14 heteroatoms. The van der Waals surface area contributed by atoms with Gasteiger partial charge in [0.15, 0.2) is 9.84 Å². The van der Waals surface area contributed by atoms with Gasteiger partial charge in [0, 0.05) is 41.0 Å². The van der Waals surface area contributed by atoms with Gasteiger partial charge in [0.2, 0.25) is 0 Å². The molecular weight excluding hydrogens is 692 g/mol. The number of hydrogen-bond acceptors (Lipinski definition) is 6. The van der Waals surface area contributed by atoms with Crippen LogP contribution in [0.4, 0.5) is 18.9 Å². The van der Waals surface area contributed by atoms with Crippen LogP contribution in [0.3, 0.4) is 0 Å². The molecule has 256 valence electrons. The number of amides is 1. The smallest absolute Gasteiger partial charge is 0.348 e. The van der Waals surface area contributed by atoms with Crippen LogP contribution in [-0.2, 0) is 32.6 Å². The summed E-state index contributed by atoms with van der Waals surface area (Å²) in [5, 5.41) is 2.50. The molecule has 0 aliphatic rings. The van der Waals surface area contributed by atoms with Gasteiger partial charge in [-0.2, -0.15) is 13.2 Å². The maximum absolute atomic E-state index is 13.8. The minimum absolute atomic E-state index is 0.0483. The van der Waals surface area contributed by atoms with Gasteiger partial charge >= 0.3 is 6.18 Å². The Labute approximate surface area is 286 Å². The number of sulfonamides is 1. The zero-order chi connectivity index (χ0) is 36.3. The van der Waals surface area contributed by atoms with E-state index in [2.05, 4.69) is 21.9 Å². The van der Waals surface area contributed by atoms with Crippen molar-refractivity contribution in [3.63, 3.8) is 0 Å². The number of halogens is 3. The molecule has 0 bridgehead atoms. The number of aromatic nitrogens is 1. The van der Waals surface area contributed by atoms with Gasteiger partial charge in [-0.15, -0.1) is 0 Å². The Hall–Kier alpha value is -5.65. The molecule has 2 N–H and O–H groups in total. The van der Waals surface area contributed by atoms with Gasteiger partial charge in [0.05, 0.1) is 10.5 Å². The van der Waals surface area contributed by atoms with E-state index in [1.807, 2.05) is 30.3 Å². The number of pyridine rings is 1. The maximum Gasteiger partial charge on any atom is 0.416 e. The fourth-order valence-electron chi connectivity index (χ4n) is 4.88. The first-order valence-electron chi connectivity index (χ1n) is 14.7. The molecular formula is C36H28F3N3O6S2. The molecule has 0 saturated carbocycles. The number of rotatable bonds is 8. The van der Waals surface area contributed by atoms with Crippen molar-refractivity contribution in [2.45, 2.75) is 29.4 Å². The monoisotopic (exact) mass is 719 g/mol. The predicted molar refractivity (Wildman–Crippen MR) is 182 cm³/mol. The minimum Gasteiger partial charge on any atom is -0.348 e. The molecule has 0 spiro atoms. The third-order valence-electron chi connectivity index (χ3n) is 7.43. The van der Waals surface area contributed by atoms with Crippen LogP contribution in [0.5, 0.6) is 0 Å². The fraction of sp³-hybridized carbons (Fsp3) is 0.111. The lowest BCUT2D eigenvalue weighted by Gasteiger charge is -2.18. The first-order chi connectivity index (χ1) is 23.5. The number of benzene rings is 4. The Bertz CT molecular complexity index is 2420. The SMILES string of the molecule is Cc1c(S(=O)(=O)Nc2ccc(C#Cc3ccccc3)cc2)cc(C(=O)NCc2ccc(S(C)(=O)=O)cc2)c(=O)n1-c1cccc(C(F)(F)F)c1. The lowest BCUT2D eigenvalue weighted by Crippen LogP contribution is -2.35. The molecule has 0 unspecified atom stereocenters. The predicted octanol–water partition coefficient (Wildman–Crippen LogP) is 5.70. The van der Waals surface area contributed by atoms with Gasteiger partial charge in [-0.25, -0.2) is 16.8 Å². The summed E-state index contributed by atoms with van der Waals surface area (Å²) in [6.07, 6.45) is -3.74. The van der Waals surface area contributed by atoms with Crippen LogP contribution in [0.2, 0.25) is 0 Å². The van der Waals surface area contributed by atoms with Crippen LogP contribution in [-0.4, -0.2) is 33.6 Å². The molecule has 4 aromatic carbocycles. The largest absolute Gasteiger partial charge is 0.416 e. The molecule has 0 radical (unpaired) electrons. The van der Waals surface area contributed by atoms with Crippen molar-refractivity contribution >= 4 is 31.5 Å². The number of anilines is 1. The fourth-order valence-corrected chi connectivity index (χ4v) is 6.82. The normalized spacial score (nSPS) is 11.7. The third kappa shape index (κ3) is 8.31. The Balaban J connectivity index is 1.52. The molecule has 0 fully saturated rings. The van der Waals surface area contributed by atoms with Crippen molar-refractivity contribution < 1.29 is 34.8 Å². The highest BCUT2D eigenvalue weighted by Crippen LogP contribution is 2.31. The van der Waals surface area contributed by atoms with E-state index in [-0.39, 0.29) is 28.5 Å². The zero-order valence-electron chi connectivity index (χ0n) is 26.4. The molecule has 50 heavy (non-hydrogen) atoms. The summed E-state index contributed by atoms with van der Waals surface area (Å²) in [5.41, 5.74) is -1.42. The topological polar surface area (TPSA) is 131 Å². The highest BCUT2D eigenvalue weighted by molar-refractivity contribution is 7.92. The molecule has 0 saturated heterocycles. The third-order valence-corrected chi connectivity index (χ3v) is 10.1. The summed E-state index contributed by atoms with van der Waals surface area (Å²) in [4.78, 5) is 26.6. The van der Waals surface area contributed by atoms with Crippen LogP contribution in [0.25, 0.3) is 5.69 Å². The zero-order valence-corrected chi connectivity index (χ0v) is 28.1. The van der Waals surface area contributed by atoms with Crippen molar-refractivity contribution in [3.05, 3.63) is 153 Å². The van der Waals surface area contributed by atoms with Crippen molar-refractivity contribution in [3.8, 4) is 17.5 Å². The lowest BCUT2D eigenvalue weighted by molar-refractivity contribution is -0.137. The summed E-state index contributed by atoms with van der Waals surface area (Å²) in [6, 6.07) is 25.5. The van der Waals surface area contributed by atoms with Crippen molar-refractivity contribution in [2.75, 3.05) is 11.0 Å². The number of carbonyl (C=O) groups is 1. The van der Waals surface area contributed by atoms with Gasteiger partial charge in [0.25, 0.3) is 21.5 Å². The number of nitrogens with zero attached hydrogens (tertiary/aromatic N) is 1. The Morgan fingerprint density at radius 1 is 0.800 bits per heavy atom. The summed E-state index contributed by atoms with van der Waals surface area (Å²) in [6.45, 7) is 1.06. The van der Waals surface area contributed by atoms with E-state index in [9.17, 15) is 39.6 Å². The van der Waals surface area contributed by atoms with Crippen molar-refractivity contribution in [1.82, 2.24) is 9.88 Å². The van der Waals surface area contributed by atoms with Crippen LogP contribution in [0, 0.1) is 18.8 Å². The van der Waals surface area contributed by atoms with Crippen LogP contribution < -0.4 is 15.6 Å². The number of hydrogen-bond donors (Lipinski definition) is 2. The van der Waals surface area contributed by atoms with E-state index < -0.39 is 53.5 Å². The minimum atomic E-state index is -4.77. The lowest BCUT2D eigenvalue weighted by atomic mass is 10.1. The molecule has 5 rings (SSSR count). The first kappa shape index (κ1) is 35.7. The van der Waals surface area contributed by atoms with Crippen LogP contribution >= 0.6 is 0 Å². The van der Waals surface area contributed by atoms with Gasteiger partial charge in [-0.05, 0) is 85.3 Å². The van der Waals surface area contributed by atoms with E-state index in [1.54, 1.807) is 12.1 Å². The Morgan fingerprint density at radius 2 is 1.42 bits per heavy atom. The van der Waals surface area contributed by atoms with E-state index in [1.165, 1.54) is 49.4 Å². The molecule has 5 aromatic rings. The molecule has 1 heterocycles. The summed E-state index contributed by atoms with van der Waals surface area (Å²) in [5.74, 6) is 4.96. The second kappa shape index (κ2) is 14.1. The second-order valence-corrected chi connectivity index (χ2v) is 14.8. The van der Waals surface area contributed by atoms with Gasteiger partial charge < -0.3 is 5.32 Å². The highest BCUT2D eigenvalue weighted by atomic mass is 32.2. The summed E-state index contributed by atoms with van der Waals surface area (Å²) in [7, 11) is -8.02. The van der Waals surface area contributed by atoms with Gasteiger partial charge in [-0.3, -0.25) is 18.9 Å². The molecule has 0 aliphatic heterocycles. The Morgan fingerprint density at radius 3 is 2.02 bits per heavy atom. The molecule has 1 aromatic heterocycles. The number of alkyl halides is 3. The molecule has 0 atom stereocenters. The quantitative estimate of drug-likeness (QED) is 0.198. The van der Waals surface area contributed by atoms with Crippen LogP contribution in [0.1, 0.15) is 38.3 Å². The van der Waals surface area contributed by atoms with E-state index >= 15 is 0 Å². The Kier molecular flexibility index (Phi) is 10.0. The van der Waals surface area contributed by atoms with Crippen molar-refractivity contribution in [2.24, 2.45) is 0 Å². The van der Waals surface area contributed by atoms with E-state index in [0.29, 0.717) is 17.2 Å². The summed E-state index contributed by atoms with van der Waals surface area (Å²) >= 11 is 0. The average molecular weight is 720 g/mol.